The second kappa shape index (κ2) is 7.03. The molecule has 0 aliphatic heterocycles. The van der Waals surface area contributed by atoms with Gasteiger partial charge in [0.2, 0.25) is 5.91 Å². The van der Waals surface area contributed by atoms with E-state index in [1.165, 1.54) is 0 Å². The lowest BCUT2D eigenvalue weighted by molar-refractivity contribution is -0.121. The Morgan fingerprint density at radius 1 is 1.50 bits per heavy atom. The second-order valence-electron chi connectivity index (χ2n) is 4.66. The summed E-state index contributed by atoms with van der Waals surface area (Å²) >= 11 is 0. The van der Waals surface area contributed by atoms with E-state index < -0.39 is 0 Å². The molecule has 0 radical (unpaired) electrons. The topological polar surface area (TPSA) is 59.0 Å². The molecule has 1 amide bonds. The van der Waals surface area contributed by atoms with Gasteiger partial charge in [0, 0.05) is 25.4 Å². The average molecular weight is 252 g/mol. The van der Waals surface area contributed by atoms with Crippen molar-refractivity contribution in [3.8, 4) is 0 Å². The highest BCUT2D eigenvalue weighted by Crippen LogP contribution is 2.08. The van der Waals surface area contributed by atoms with E-state index in [2.05, 4.69) is 22.7 Å². The molecule has 18 heavy (non-hydrogen) atoms. The van der Waals surface area contributed by atoms with Crippen LogP contribution in [0.5, 0.6) is 0 Å². The molecular formula is C13H24N4O. The molecule has 0 saturated heterocycles. The Hall–Kier alpha value is -1.52. The number of nitrogens with zero attached hydrogens (tertiary/aromatic N) is 2. The van der Waals surface area contributed by atoms with Gasteiger partial charge in [-0.05, 0) is 20.3 Å². The highest BCUT2D eigenvalue weighted by molar-refractivity contribution is 5.83. The molecule has 1 heterocycles. The molecule has 1 rings (SSSR count). The maximum atomic E-state index is 11.8. The minimum atomic E-state index is -0.263. The summed E-state index contributed by atoms with van der Waals surface area (Å²) in [6.07, 6.45) is 3.36. The molecule has 0 spiro atoms. The average Bonchev–Trinajstić information content (AvgIpc) is 2.63. The molecule has 5 heteroatoms. The number of nitrogens with one attached hydrogen (secondary N) is 2. The van der Waals surface area contributed by atoms with Crippen LogP contribution in [0.3, 0.4) is 0 Å². The first-order valence-corrected chi connectivity index (χ1v) is 6.59. The molecule has 0 bridgehead atoms. The lowest BCUT2D eigenvalue weighted by Gasteiger charge is -2.13. The minimum absolute atomic E-state index is 0.0226. The van der Waals surface area contributed by atoms with Crippen LogP contribution < -0.4 is 10.6 Å². The predicted octanol–water partition coefficient (Wildman–Crippen LogP) is 1.84. The lowest BCUT2D eigenvalue weighted by atomic mass is 10.2. The normalized spacial score (nSPS) is 12.2. The van der Waals surface area contributed by atoms with Gasteiger partial charge in [0.15, 0.2) is 0 Å². The van der Waals surface area contributed by atoms with Crippen LogP contribution in [-0.2, 0) is 11.8 Å². The molecule has 0 saturated carbocycles. The van der Waals surface area contributed by atoms with Crippen molar-refractivity contribution >= 4 is 11.7 Å². The van der Waals surface area contributed by atoms with Crippen molar-refractivity contribution in [1.82, 2.24) is 15.1 Å². The van der Waals surface area contributed by atoms with Gasteiger partial charge in [0.1, 0.15) is 11.9 Å². The SMILES string of the molecule is CCCCCNC(=O)C(C)Nc1cc(C)n(C)n1. The molecule has 102 valence electrons. The summed E-state index contributed by atoms with van der Waals surface area (Å²) in [7, 11) is 1.88. The maximum Gasteiger partial charge on any atom is 0.242 e. The molecule has 5 nitrogen and oxygen atoms in total. The quantitative estimate of drug-likeness (QED) is 0.728. The minimum Gasteiger partial charge on any atom is -0.357 e. The molecular weight excluding hydrogens is 228 g/mol. The number of unbranched alkanes of at least 4 members (excludes halogenated alkanes) is 2. The van der Waals surface area contributed by atoms with E-state index in [1.54, 1.807) is 4.68 Å². The van der Waals surface area contributed by atoms with Gasteiger partial charge in [-0.25, -0.2) is 0 Å². The van der Waals surface area contributed by atoms with Gasteiger partial charge in [0.05, 0.1) is 0 Å². The van der Waals surface area contributed by atoms with Crippen LogP contribution in [0.4, 0.5) is 5.82 Å². The summed E-state index contributed by atoms with van der Waals surface area (Å²) in [5.74, 6) is 0.764. The zero-order valence-corrected chi connectivity index (χ0v) is 11.8. The Morgan fingerprint density at radius 2 is 2.22 bits per heavy atom. The van der Waals surface area contributed by atoms with Crippen LogP contribution in [0, 0.1) is 6.92 Å². The first-order chi connectivity index (χ1) is 8.54. The highest BCUT2D eigenvalue weighted by Gasteiger charge is 2.13. The van der Waals surface area contributed by atoms with Gasteiger partial charge >= 0.3 is 0 Å². The van der Waals surface area contributed by atoms with E-state index in [0.717, 1.165) is 37.3 Å². The number of carbonyl (C=O) groups excluding carboxylic acids is 1. The first kappa shape index (κ1) is 14.5. The molecule has 2 N–H and O–H groups in total. The van der Waals surface area contributed by atoms with Crippen LogP contribution >= 0.6 is 0 Å². The maximum absolute atomic E-state index is 11.8. The van der Waals surface area contributed by atoms with Crippen LogP contribution in [0.15, 0.2) is 6.07 Å². The number of amides is 1. The molecule has 0 fully saturated rings. The second-order valence-corrected chi connectivity index (χ2v) is 4.66. The van der Waals surface area contributed by atoms with E-state index in [4.69, 9.17) is 0 Å². The van der Waals surface area contributed by atoms with Crippen molar-refractivity contribution in [2.75, 3.05) is 11.9 Å². The Morgan fingerprint density at radius 3 is 2.78 bits per heavy atom. The highest BCUT2D eigenvalue weighted by atomic mass is 16.2. The zero-order chi connectivity index (χ0) is 13.5. The number of hydrogen-bond donors (Lipinski definition) is 2. The molecule has 0 aliphatic rings. The van der Waals surface area contributed by atoms with Crippen LogP contribution in [-0.4, -0.2) is 28.3 Å². The lowest BCUT2D eigenvalue weighted by Crippen LogP contribution is -2.38. The molecule has 0 aromatic carbocycles. The summed E-state index contributed by atoms with van der Waals surface area (Å²) in [6, 6.07) is 1.67. The van der Waals surface area contributed by atoms with Crippen molar-refractivity contribution in [2.45, 2.75) is 46.1 Å². The van der Waals surface area contributed by atoms with Gasteiger partial charge in [-0.1, -0.05) is 19.8 Å². The summed E-state index contributed by atoms with van der Waals surface area (Å²) in [5.41, 5.74) is 1.06. The van der Waals surface area contributed by atoms with E-state index in [0.29, 0.717) is 0 Å². The van der Waals surface area contributed by atoms with Crippen molar-refractivity contribution in [3.05, 3.63) is 11.8 Å². The van der Waals surface area contributed by atoms with E-state index in [-0.39, 0.29) is 11.9 Å². The largest absolute Gasteiger partial charge is 0.357 e. The summed E-state index contributed by atoms with van der Waals surface area (Å²) in [4.78, 5) is 11.8. The summed E-state index contributed by atoms with van der Waals surface area (Å²) in [5, 5.41) is 10.3. The van der Waals surface area contributed by atoms with Crippen molar-refractivity contribution < 1.29 is 4.79 Å². The summed E-state index contributed by atoms with van der Waals surface area (Å²) in [6.45, 7) is 6.72. The molecule has 1 unspecified atom stereocenters. The third kappa shape index (κ3) is 4.39. The summed E-state index contributed by atoms with van der Waals surface area (Å²) < 4.78 is 1.79. The van der Waals surface area contributed by atoms with Crippen LogP contribution in [0.25, 0.3) is 0 Å². The third-order valence-corrected chi connectivity index (χ3v) is 2.95. The Kier molecular flexibility index (Phi) is 5.68. The Balaban J connectivity index is 2.35. The number of anilines is 1. The molecule has 1 aromatic heterocycles. The molecule has 0 aliphatic carbocycles. The molecule has 1 aromatic rings. The van der Waals surface area contributed by atoms with Gasteiger partial charge in [-0.3, -0.25) is 9.48 Å². The number of aryl methyl sites for hydroxylation is 2. The van der Waals surface area contributed by atoms with E-state index in [1.807, 2.05) is 27.0 Å². The van der Waals surface area contributed by atoms with Gasteiger partial charge in [-0.15, -0.1) is 0 Å². The first-order valence-electron chi connectivity index (χ1n) is 6.59. The van der Waals surface area contributed by atoms with Crippen LogP contribution in [0.1, 0.15) is 38.8 Å². The third-order valence-electron chi connectivity index (χ3n) is 2.95. The fourth-order valence-corrected chi connectivity index (χ4v) is 1.66. The zero-order valence-electron chi connectivity index (χ0n) is 11.8. The fraction of sp³-hybridized carbons (Fsp3) is 0.692. The van der Waals surface area contributed by atoms with Crippen molar-refractivity contribution in [1.29, 1.82) is 0 Å². The number of carbonyl (C=O) groups is 1. The number of aromatic nitrogens is 2. The predicted molar refractivity (Wildman–Crippen MR) is 73.6 cm³/mol. The van der Waals surface area contributed by atoms with E-state index >= 15 is 0 Å². The van der Waals surface area contributed by atoms with Gasteiger partial charge in [0.25, 0.3) is 0 Å². The van der Waals surface area contributed by atoms with Gasteiger partial charge < -0.3 is 10.6 Å². The number of rotatable bonds is 7. The fourth-order valence-electron chi connectivity index (χ4n) is 1.66. The number of hydrogen-bond acceptors (Lipinski definition) is 3. The smallest absolute Gasteiger partial charge is 0.242 e. The van der Waals surface area contributed by atoms with Crippen molar-refractivity contribution in [2.24, 2.45) is 7.05 Å². The molecule has 1 atom stereocenters. The van der Waals surface area contributed by atoms with Crippen molar-refractivity contribution in [3.63, 3.8) is 0 Å². The monoisotopic (exact) mass is 252 g/mol. The van der Waals surface area contributed by atoms with E-state index in [9.17, 15) is 4.79 Å². The standard InChI is InChI=1S/C13H24N4O/c1-5-6-7-8-14-13(18)11(3)15-12-9-10(2)17(4)16-12/h9,11H,5-8H2,1-4H3,(H,14,18)(H,15,16). The Bertz CT molecular complexity index is 367. The van der Waals surface area contributed by atoms with Crippen LogP contribution in [0.2, 0.25) is 0 Å². The van der Waals surface area contributed by atoms with Gasteiger partial charge in [-0.2, -0.15) is 5.10 Å². The Labute approximate surface area is 109 Å².